The van der Waals surface area contributed by atoms with Crippen LogP contribution in [0.5, 0.6) is 0 Å². The molecule has 31 heavy (non-hydrogen) atoms. The lowest BCUT2D eigenvalue weighted by Gasteiger charge is -2.35. The lowest BCUT2D eigenvalue weighted by atomic mass is 9.71. The van der Waals surface area contributed by atoms with Gasteiger partial charge in [-0.3, -0.25) is 0 Å². The SMILES string of the molecule is CCCCC(CCCC)(CCCC)CCCCCCCCCCCCCPC(F)(F)F. The lowest BCUT2D eigenvalue weighted by Crippen LogP contribution is -2.21. The van der Waals surface area contributed by atoms with Gasteiger partial charge in [0.25, 0.3) is 0 Å². The topological polar surface area (TPSA) is 0 Å². The first-order valence-electron chi connectivity index (χ1n) is 13.7. The molecule has 0 aliphatic heterocycles. The highest BCUT2D eigenvalue weighted by Gasteiger charge is 2.27. The van der Waals surface area contributed by atoms with E-state index in [0.717, 1.165) is 19.3 Å². The highest BCUT2D eigenvalue weighted by molar-refractivity contribution is 7.39. The minimum Gasteiger partial charge on any atom is -0.167 e. The van der Waals surface area contributed by atoms with E-state index in [9.17, 15) is 13.2 Å². The number of hydrogen-bond donors (Lipinski definition) is 0. The van der Waals surface area contributed by atoms with Gasteiger partial charge < -0.3 is 0 Å². The minimum atomic E-state index is -3.94. The molecule has 1 atom stereocenters. The van der Waals surface area contributed by atoms with E-state index in [1.54, 1.807) is 0 Å². The van der Waals surface area contributed by atoms with Crippen LogP contribution in [0.15, 0.2) is 0 Å². The summed E-state index contributed by atoms with van der Waals surface area (Å²) in [4.78, 5) is 0. The molecule has 0 heterocycles. The van der Waals surface area contributed by atoms with E-state index in [0.29, 0.717) is 11.6 Å². The predicted molar refractivity (Wildman–Crippen MR) is 136 cm³/mol. The summed E-state index contributed by atoms with van der Waals surface area (Å²) in [7, 11) is -0.852. The fourth-order valence-electron chi connectivity index (χ4n) is 4.85. The molecule has 0 saturated carbocycles. The molecule has 0 aliphatic carbocycles. The van der Waals surface area contributed by atoms with Crippen molar-refractivity contribution in [2.45, 2.75) is 162 Å². The highest BCUT2D eigenvalue weighted by atomic mass is 31.1. The van der Waals surface area contributed by atoms with Crippen LogP contribution < -0.4 is 0 Å². The number of unbranched alkanes of at least 4 members (excludes halogenated alkanes) is 13. The second-order valence-corrected chi connectivity index (χ2v) is 11.3. The zero-order chi connectivity index (χ0) is 23.3. The van der Waals surface area contributed by atoms with Crippen molar-refractivity contribution in [3.8, 4) is 0 Å². The molecule has 4 heteroatoms. The van der Waals surface area contributed by atoms with E-state index < -0.39 is 14.5 Å². The number of alkyl halides is 3. The van der Waals surface area contributed by atoms with Crippen molar-refractivity contribution in [2.75, 3.05) is 6.16 Å². The Labute approximate surface area is 195 Å². The van der Waals surface area contributed by atoms with Crippen LogP contribution in [0.25, 0.3) is 0 Å². The number of rotatable bonds is 23. The molecule has 188 valence electrons. The second-order valence-electron chi connectivity index (χ2n) is 9.87. The summed E-state index contributed by atoms with van der Waals surface area (Å²) in [6.45, 7) is 7.00. The van der Waals surface area contributed by atoms with Crippen LogP contribution in [0.2, 0.25) is 0 Å². The average Bonchev–Trinajstić information content (AvgIpc) is 2.73. The second kappa shape index (κ2) is 20.8. The molecule has 0 bridgehead atoms. The summed E-state index contributed by atoms with van der Waals surface area (Å²) in [5, 5.41) is 0. The molecule has 0 amide bonds. The molecular formula is C27H54F3P. The van der Waals surface area contributed by atoms with Gasteiger partial charge in [0.1, 0.15) is 0 Å². The third-order valence-electron chi connectivity index (χ3n) is 6.89. The fraction of sp³-hybridized carbons (Fsp3) is 1.00. The van der Waals surface area contributed by atoms with Gasteiger partial charge in [0.05, 0.1) is 0 Å². The van der Waals surface area contributed by atoms with Gasteiger partial charge in [0, 0.05) is 0 Å². The fourth-order valence-corrected chi connectivity index (χ4v) is 5.56. The first kappa shape index (κ1) is 31.2. The summed E-state index contributed by atoms with van der Waals surface area (Å²) in [6.07, 6.45) is 27.8. The van der Waals surface area contributed by atoms with Crippen LogP contribution in [-0.2, 0) is 0 Å². The average molecular weight is 467 g/mol. The molecule has 0 N–H and O–H groups in total. The molecule has 0 rings (SSSR count). The smallest absolute Gasteiger partial charge is 0.167 e. The molecule has 0 aromatic rings. The Morgan fingerprint density at radius 1 is 0.452 bits per heavy atom. The molecule has 0 aliphatic rings. The van der Waals surface area contributed by atoms with E-state index in [1.165, 1.54) is 116 Å². The maximum absolute atomic E-state index is 12.1. The van der Waals surface area contributed by atoms with Gasteiger partial charge >= 0.3 is 5.92 Å². The van der Waals surface area contributed by atoms with Crippen molar-refractivity contribution in [3.05, 3.63) is 0 Å². The number of hydrogen-bond acceptors (Lipinski definition) is 0. The minimum absolute atomic E-state index is 0.333. The lowest BCUT2D eigenvalue weighted by molar-refractivity contribution is -0.0371. The molecule has 0 radical (unpaired) electrons. The van der Waals surface area contributed by atoms with Crippen molar-refractivity contribution < 1.29 is 13.2 Å². The van der Waals surface area contributed by atoms with Gasteiger partial charge in [-0.05, 0) is 52.3 Å². The van der Waals surface area contributed by atoms with Crippen molar-refractivity contribution in [3.63, 3.8) is 0 Å². The largest absolute Gasteiger partial charge is 0.402 e. The number of halogens is 3. The summed E-state index contributed by atoms with van der Waals surface area (Å²) in [5.74, 6) is -3.94. The van der Waals surface area contributed by atoms with Gasteiger partial charge in [-0.15, -0.1) is 0 Å². The maximum Gasteiger partial charge on any atom is 0.402 e. The van der Waals surface area contributed by atoms with Crippen molar-refractivity contribution in [1.29, 1.82) is 0 Å². The molecule has 0 aromatic carbocycles. The molecule has 1 unspecified atom stereocenters. The molecule has 0 spiro atoms. The zero-order valence-corrected chi connectivity index (χ0v) is 22.2. The Balaban J connectivity index is 3.77. The van der Waals surface area contributed by atoms with Gasteiger partial charge in [-0.25, -0.2) is 0 Å². The van der Waals surface area contributed by atoms with Crippen molar-refractivity contribution in [2.24, 2.45) is 5.41 Å². The Kier molecular flexibility index (Phi) is 20.9. The van der Waals surface area contributed by atoms with Crippen molar-refractivity contribution >= 4 is 8.58 Å². The third kappa shape index (κ3) is 20.6. The van der Waals surface area contributed by atoms with Gasteiger partial charge in [-0.1, -0.05) is 124 Å². The standard InChI is InChI=1S/C27H54F3P/c1-4-7-21-26(22-8-5-2,23-9-6-3)24-19-17-15-13-11-10-12-14-16-18-20-25-31-27(28,29)30/h31H,4-25H2,1-3H3. The Morgan fingerprint density at radius 2 is 0.774 bits per heavy atom. The summed E-state index contributed by atoms with van der Waals surface area (Å²) < 4.78 is 36.3. The monoisotopic (exact) mass is 466 g/mol. The van der Waals surface area contributed by atoms with E-state index in [4.69, 9.17) is 0 Å². The predicted octanol–water partition coefficient (Wildman–Crippen LogP) is 11.4. The van der Waals surface area contributed by atoms with Crippen LogP contribution in [0, 0.1) is 5.41 Å². The van der Waals surface area contributed by atoms with E-state index in [1.807, 2.05) is 0 Å². The third-order valence-corrected chi connectivity index (χ3v) is 7.90. The molecule has 0 fully saturated rings. The zero-order valence-electron chi connectivity index (χ0n) is 21.2. The quantitative estimate of drug-likeness (QED) is 0.104. The molecule has 0 nitrogen and oxygen atoms in total. The van der Waals surface area contributed by atoms with E-state index >= 15 is 0 Å². The van der Waals surface area contributed by atoms with Crippen LogP contribution in [-0.4, -0.2) is 12.1 Å². The van der Waals surface area contributed by atoms with Crippen LogP contribution >= 0.6 is 8.58 Å². The van der Waals surface area contributed by atoms with Crippen LogP contribution in [0.3, 0.4) is 0 Å². The first-order chi connectivity index (χ1) is 14.9. The van der Waals surface area contributed by atoms with E-state index in [2.05, 4.69) is 20.8 Å². The molecule has 0 saturated heterocycles. The summed E-state index contributed by atoms with van der Waals surface area (Å²) in [5.41, 5.74) is 0.628. The van der Waals surface area contributed by atoms with Crippen molar-refractivity contribution in [1.82, 2.24) is 0 Å². The molecular weight excluding hydrogens is 412 g/mol. The summed E-state index contributed by atoms with van der Waals surface area (Å²) >= 11 is 0. The van der Waals surface area contributed by atoms with E-state index in [-0.39, 0.29) is 0 Å². The van der Waals surface area contributed by atoms with Gasteiger partial charge in [-0.2, -0.15) is 13.2 Å². The normalized spacial score (nSPS) is 13.0. The highest BCUT2D eigenvalue weighted by Crippen LogP contribution is 2.41. The Hall–Kier alpha value is 0.220. The van der Waals surface area contributed by atoms with Gasteiger partial charge in [0.2, 0.25) is 0 Å². The first-order valence-corrected chi connectivity index (χ1v) is 14.9. The summed E-state index contributed by atoms with van der Waals surface area (Å²) in [6, 6.07) is 0. The van der Waals surface area contributed by atoms with Gasteiger partial charge in [0.15, 0.2) is 0 Å². The Bertz CT molecular complexity index is 346. The van der Waals surface area contributed by atoms with Crippen LogP contribution in [0.4, 0.5) is 13.2 Å². The molecule has 0 aromatic heterocycles. The maximum atomic E-state index is 12.1. The Morgan fingerprint density at radius 3 is 1.13 bits per heavy atom. The van der Waals surface area contributed by atoms with Crippen LogP contribution in [0.1, 0.15) is 156 Å².